The Hall–Kier alpha value is -1.60. The Morgan fingerprint density at radius 2 is 2.36 bits per heavy atom. The van der Waals surface area contributed by atoms with Crippen LogP contribution in [0.3, 0.4) is 0 Å². The zero-order chi connectivity index (χ0) is 10.1. The van der Waals surface area contributed by atoms with Gasteiger partial charge in [-0.1, -0.05) is 0 Å². The Bertz CT molecular complexity index is 527. The number of ether oxygens (including phenoxy) is 1. The normalized spacial score (nSPS) is 10.1. The van der Waals surface area contributed by atoms with Crippen LogP contribution in [0.2, 0.25) is 0 Å². The van der Waals surface area contributed by atoms with Crippen molar-refractivity contribution in [3.05, 3.63) is 28.9 Å². The fourth-order valence-electron chi connectivity index (χ4n) is 1.32. The number of methoxy groups -OCH3 is 1. The second-order valence-corrected chi connectivity index (χ2v) is 3.63. The second-order valence-electron chi connectivity index (χ2n) is 2.72. The summed E-state index contributed by atoms with van der Waals surface area (Å²) < 4.78 is 18.9. The van der Waals surface area contributed by atoms with Gasteiger partial charge in [-0.05, 0) is 11.4 Å². The molecule has 1 heterocycles. The number of benzene rings is 1. The highest BCUT2D eigenvalue weighted by atomic mass is 32.1. The summed E-state index contributed by atoms with van der Waals surface area (Å²) in [6, 6.07) is 5.18. The fraction of sp³-hybridized carbons (Fsp3) is 0.100. The van der Waals surface area contributed by atoms with Gasteiger partial charge in [0.1, 0.15) is 0 Å². The van der Waals surface area contributed by atoms with Crippen LogP contribution in [0.1, 0.15) is 5.56 Å². The van der Waals surface area contributed by atoms with Crippen LogP contribution in [0.25, 0.3) is 10.1 Å². The van der Waals surface area contributed by atoms with Crippen molar-refractivity contribution in [3.63, 3.8) is 0 Å². The van der Waals surface area contributed by atoms with E-state index in [1.807, 2.05) is 6.07 Å². The maximum Gasteiger partial charge on any atom is 0.182 e. The molecule has 0 bridgehead atoms. The molecule has 0 atom stereocenters. The molecule has 0 N–H and O–H groups in total. The number of nitriles is 1. The molecule has 0 saturated heterocycles. The first-order valence-electron chi connectivity index (χ1n) is 3.91. The van der Waals surface area contributed by atoms with E-state index in [4.69, 9.17) is 10.00 Å². The van der Waals surface area contributed by atoms with Crippen LogP contribution >= 0.6 is 11.3 Å². The van der Waals surface area contributed by atoms with E-state index in [9.17, 15) is 4.39 Å². The maximum absolute atomic E-state index is 13.6. The van der Waals surface area contributed by atoms with E-state index in [0.717, 1.165) is 0 Å². The monoisotopic (exact) mass is 207 g/mol. The lowest BCUT2D eigenvalue weighted by Crippen LogP contribution is -1.89. The fourth-order valence-corrected chi connectivity index (χ4v) is 2.17. The molecule has 14 heavy (non-hydrogen) atoms. The molecule has 0 aliphatic rings. The lowest BCUT2D eigenvalue weighted by molar-refractivity contribution is 0.389. The van der Waals surface area contributed by atoms with Crippen LogP contribution in [-0.2, 0) is 0 Å². The molecule has 0 aliphatic heterocycles. The van der Waals surface area contributed by atoms with E-state index < -0.39 is 5.82 Å². The molecule has 2 nitrogen and oxygen atoms in total. The third kappa shape index (κ3) is 1.14. The van der Waals surface area contributed by atoms with Crippen molar-refractivity contribution in [2.24, 2.45) is 0 Å². The van der Waals surface area contributed by atoms with Crippen molar-refractivity contribution in [3.8, 4) is 11.8 Å². The maximum atomic E-state index is 13.6. The molecule has 2 rings (SSSR count). The molecule has 0 unspecified atom stereocenters. The highest BCUT2D eigenvalue weighted by molar-refractivity contribution is 7.17. The first kappa shape index (κ1) is 8.97. The van der Waals surface area contributed by atoms with Crippen molar-refractivity contribution in [2.75, 3.05) is 7.11 Å². The summed E-state index contributed by atoms with van der Waals surface area (Å²) >= 11 is 1.27. The van der Waals surface area contributed by atoms with E-state index in [1.54, 1.807) is 11.4 Å². The molecule has 0 aliphatic carbocycles. The van der Waals surface area contributed by atoms with Crippen molar-refractivity contribution < 1.29 is 9.13 Å². The number of hydrogen-bond acceptors (Lipinski definition) is 3. The van der Waals surface area contributed by atoms with Gasteiger partial charge in [0.2, 0.25) is 0 Å². The summed E-state index contributed by atoms with van der Waals surface area (Å²) in [4.78, 5) is 0. The molecule has 70 valence electrons. The molecule has 1 aromatic heterocycles. The van der Waals surface area contributed by atoms with Crippen LogP contribution < -0.4 is 4.74 Å². The minimum Gasteiger partial charge on any atom is -0.494 e. The Morgan fingerprint density at radius 1 is 1.57 bits per heavy atom. The largest absolute Gasteiger partial charge is 0.494 e. The van der Waals surface area contributed by atoms with Gasteiger partial charge in [-0.15, -0.1) is 11.3 Å². The lowest BCUT2D eigenvalue weighted by Gasteiger charge is -2.03. The third-order valence-corrected chi connectivity index (χ3v) is 2.89. The molecular formula is C10H6FNOS. The molecule has 0 saturated carbocycles. The minimum absolute atomic E-state index is 0.122. The average molecular weight is 207 g/mol. The Kier molecular flexibility index (Phi) is 2.10. The number of hydrogen-bond donors (Lipinski definition) is 0. The minimum atomic E-state index is -0.392. The summed E-state index contributed by atoms with van der Waals surface area (Å²) in [5.74, 6) is -0.270. The number of fused-ring (bicyclic) bond motifs is 1. The first-order chi connectivity index (χ1) is 6.77. The molecule has 2 aromatic rings. The van der Waals surface area contributed by atoms with E-state index in [2.05, 4.69) is 0 Å². The summed E-state index contributed by atoms with van der Waals surface area (Å²) in [5.41, 5.74) is 0.444. The molecule has 0 radical (unpaired) electrons. The SMILES string of the molecule is COc1cc(C#N)c2ccsc2c1F. The van der Waals surface area contributed by atoms with Crippen LogP contribution in [0.4, 0.5) is 4.39 Å². The topological polar surface area (TPSA) is 33.0 Å². The highest BCUT2D eigenvalue weighted by Crippen LogP contribution is 2.32. The number of nitrogens with zero attached hydrogens (tertiary/aromatic N) is 1. The second kappa shape index (κ2) is 3.28. The van der Waals surface area contributed by atoms with Gasteiger partial charge >= 0.3 is 0 Å². The van der Waals surface area contributed by atoms with Gasteiger partial charge in [-0.2, -0.15) is 5.26 Å². The Balaban J connectivity index is 2.89. The van der Waals surface area contributed by atoms with E-state index in [1.165, 1.54) is 24.5 Å². The summed E-state index contributed by atoms with van der Waals surface area (Å²) in [6.07, 6.45) is 0. The van der Waals surface area contributed by atoms with Gasteiger partial charge in [-0.3, -0.25) is 0 Å². The third-order valence-electron chi connectivity index (χ3n) is 1.99. The standard InChI is InChI=1S/C10H6FNOS/c1-13-8-4-6(5-12)7-2-3-14-10(7)9(8)11/h2-4H,1H3. The summed E-state index contributed by atoms with van der Waals surface area (Å²) in [7, 11) is 1.39. The number of halogens is 1. The van der Waals surface area contributed by atoms with Crippen LogP contribution in [-0.4, -0.2) is 7.11 Å². The quantitative estimate of drug-likeness (QED) is 0.720. The zero-order valence-corrected chi connectivity index (χ0v) is 8.19. The van der Waals surface area contributed by atoms with E-state index in [0.29, 0.717) is 15.6 Å². The van der Waals surface area contributed by atoms with Gasteiger partial charge in [0, 0.05) is 11.5 Å². The molecule has 0 amide bonds. The molecule has 4 heteroatoms. The smallest absolute Gasteiger partial charge is 0.182 e. The van der Waals surface area contributed by atoms with Gasteiger partial charge in [-0.25, -0.2) is 4.39 Å². The lowest BCUT2D eigenvalue weighted by atomic mass is 10.1. The molecule has 0 spiro atoms. The van der Waals surface area contributed by atoms with Crippen LogP contribution in [0.15, 0.2) is 17.5 Å². The Morgan fingerprint density at radius 3 is 3.00 bits per heavy atom. The predicted octanol–water partition coefficient (Wildman–Crippen LogP) is 2.92. The van der Waals surface area contributed by atoms with Crippen LogP contribution in [0.5, 0.6) is 5.75 Å². The van der Waals surface area contributed by atoms with E-state index >= 15 is 0 Å². The van der Waals surface area contributed by atoms with Gasteiger partial charge in [0.15, 0.2) is 11.6 Å². The summed E-state index contributed by atoms with van der Waals surface area (Å²) in [6.45, 7) is 0. The molecule has 1 aromatic carbocycles. The summed E-state index contributed by atoms with van der Waals surface area (Å²) in [5, 5.41) is 11.2. The Labute approximate surface area is 84.2 Å². The van der Waals surface area contributed by atoms with Crippen molar-refractivity contribution in [1.29, 1.82) is 5.26 Å². The number of thiophene rings is 1. The van der Waals surface area contributed by atoms with Crippen molar-refractivity contribution >= 4 is 21.4 Å². The van der Waals surface area contributed by atoms with Gasteiger partial charge in [0.05, 0.1) is 23.4 Å². The van der Waals surface area contributed by atoms with Crippen molar-refractivity contribution in [1.82, 2.24) is 0 Å². The molecular weight excluding hydrogens is 201 g/mol. The van der Waals surface area contributed by atoms with Gasteiger partial charge < -0.3 is 4.74 Å². The average Bonchev–Trinajstić information content (AvgIpc) is 2.68. The first-order valence-corrected chi connectivity index (χ1v) is 4.79. The van der Waals surface area contributed by atoms with Crippen LogP contribution in [0, 0.1) is 17.1 Å². The molecule has 0 fully saturated rings. The predicted molar refractivity (Wildman–Crippen MR) is 53.1 cm³/mol. The van der Waals surface area contributed by atoms with Gasteiger partial charge in [0.25, 0.3) is 0 Å². The number of rotatable bonds is 1. The van der Waals surface area contributed by atoms with Crippen molar-refractivity contribution in [2.45, 2.75) is 0 Å². The highest BCUT2D eigenvalue weighted by Gasteiger charge is 2.13. The zero-order valence-electron chi connectivity index (χ0n) is 7.37. The van der Waals surface area contributed by atoms with E-state index in [-0.39, 0.29) is 5.75 Å².